The fourth-order valence-electron chi connectivity index (χ4n) is 3.65. The van der Waals surface area contributed by atoms with E-state index < -0.39 is 12.0 Å². The maximum atomic E-state index is 13.0. The largest absolute Gasteiger partial charge is 0.494 e. The number of rotatable bonds is 9. The van der Waals surface area contributed by atoms with E-state index in [1.54, 1.807) is 6.92 Å². The van der Waals surface area contributed by atoms with Crippen molar-refractivity contribution in [2.24, 2.45) is 0 Å². The van der Waals surface area contributed by atoms with Gasteiger partial charge in [0.05, 0.1) is 24.8 Å². The Balaban J connectivity index is 1.98. The molecule has 0 saturated heterocycles. The molecule has 0 aliphatic carbocycles. The van der Waals surface area contributed by atoms with Gasteiger partial charge in [0, 0.05) is 24.4 Å². The molecule has 0 radical (unpaired) electrons. The van der Waals surface area contributed by atoms with Crippen molar-refractivity contribution in [3.8, 4) is 5.75 Å². The van der Waals surface area contributed by atoms with E-state index >= 15 is 0 Å². The van der Waals surface area contributed by atoms with Gasteiger partial charge in [0.15, 0.2) is 0 Å². The van der Waals surface area contributed by atoms with Crippen molar-refractivity contribution in [3.63, 3.8) is 0 Å². The highest BCUT2D eigenvalue weighted by molar-refractivity contribution is 5.95. The van der Waals surface area contributed by atoms with E-state index in [0.29, 0.717) is 42.3 Å². The molecule has 2 aromatic carbocycles. The second kappa shape index (κ2) is 10.6. The summed E-state index contributed by atoms with van der Waals surface area (Å²) in [4.78, 5) is 27.5. The van der Waals surface area contributed by atoms with Crippen LogP contribution < -0.4 is 15.4 Å². The molecule has 1 atom stereocenters. The maximum absolute atomic E-state index is 13.0. The number of ether oxygens (including phenoxy) is 2. The molecule has 1 heterocycles. The summed E-state index contributed by atoms with van der Waals surface area (Å²) in [5.74, 6) is 0.158. The molecule has 0 spiro atoms. The zero-order chi connectivity index (χ0) is 22.2. The molecule has 7 heteroatoms. The van der Waals surface area contributed by atoms with E-state index in [0.717, 1.165) is 5.56 Å². The summed E-state index contributed by atoms with van der Waals surface area (Å²) in [6.45, 7) is 5.42. The summed E-state index contributed by atoms with van der Waals surface area (Å²) < 4.78 is 11.1. The molecule has 31 heavy (non-hydrogen) atoms. The molecule has 2 N–H and O–H groups in total. The molecule has 0 aromatic heterocycles. The van der Waals surface area contributed by atoms with Gasteiger partial charge in [-0.15, -0.1) is 0 Å². The minimum Gasteiger partial charge on any atom is -0.494 e. The lowest BCUT2D eigenvalue weighted by Gasteiger charge is -2.31. The number of likely N-dealkylation sites (N-methyl/N-ethyl adjacent to an activating group) is 1. The predicted octanol–water partition coefficient (Wildman–Crippen LogP) is 3.39. The number of carbonyl (C=O) groups excluding carboxylic acids is 2. The van der Waals surface area contributed by atoms with Crippen LogP contribution in [0.2, 0.25) is 0 Å². The van der Waals surface area contributed by atoms with Crippen molar-refractivity contribution >= 4 is 12.0 Å². The van der Waals surface area contributed by atoms with Crippen LogP contribution in [0, 0.1) is 0 Å². The first-order valence-electron chi connectivity index (χ1n) is 10.4. The summed E-state index contributed by atoms with van der Waals surface area (Å²) in [5, 5.41) is 5.69. The number of urea groups is 1. The van der Waals surface area contributed by atoms with Crippen molar-refractivity contribution in [1.29, 1.82) is 0 Å². The van der Waals surface area contributed by atoms with Crippen LogP contribution in [-0.2, 0) is 16.1 Å². The van der Waals surface area contributed by atoms with Gasteiger partial charge in [-0.2, -0.15) is 0 Å². The fourth-order valence-corrected chi connectivity index (χ4v) is 3.65. The summed E-state index contributed by atoms with van der Waals surface area (Å²) in [7, 11) is 1.94. The Kier molecular flexibility index (Phi) is 7.67. The lowest BCUT2D eigenvalue weighted by Crippen LogP contribution is -2.48. The van der Waals surface area contributed by atoms with Crippen LogP contribution in [0.5, 0.6) is 5.75 Å². The molecular formula is C24H29N3O4. The molecule has 2 amide bonds. The van der Waals surface area contributed by atoms with Crippen molar-refractivity contribution in [2.45, 2.75) is 26.4 Å². The number of nitrogens with zero attached hydrogens (tertiary/aromatic N) is 1. The van der Waals surface area contributed by atoms with Crippen LogP contribution in [0.25, 0.3) is 0 Å². The molecule has 1 unspecified atom stereocenters. The van der Waals surface area contributed by atoms with Gasteiger partial charge in [-0.3, -0.25) is 4.90 Å². The van der Waals surface area contributed by atoms with Crippen LogP contribution >= 0.6 is 0 Å². The van der Waals surface area contributed by atoms with Crippen LogP contribution in [0.4, 0.5) is 4.79 Å². The van der Waals surface area contributed by atoms with Crippen LogP contribution in [0.15, 0.2) is 65.9 Å². The monoisotopic (exact) mass is 423 g/mol. The van der Waals surface area contributed by atoms with Gasteiger partial charge >= 0.3 is 12.0 Å². The molecule has 1 aliphatic rings. The third kappa shape index (κ3) is 5.64. The van der Waals surface area contributed by atoms with E-state index in [4.69, 9.17) is 9.47 Å². The van der Waals surface area contributed by atoms with Crippen LogP contribution in [0.1, 0.15) is 31.0 Å². The summed E-state index contributed by atoms with van der Waals surface area (Å²) in [5.41, 5.74) is 2.76. The molecule has 0 bridgehead atoms. The summed E-state index contributed by atoms with van der Waals surface area (Å²) >= 11 is 0. The van der Waals surface area contributed by atoms with E-state index in [2.05, 4.69) is 10.6 Å². The quantitative estimate of drug-likeness (QED) is 0.605. The average Bonchev–Trinajstić information content (AvgIpc) is 2.74. The third-order valence-electron chi connectivity index (χ3n) is 4.90. The maximum Gasteiger partial charge on any atom is 0.338 e. The average molecular weight is 424 g/mol. The number of esters is 1. The summed E-state index contributed by atoms with van der Waals surface area (Å²) in [6, 6.07) is 16.4. The Hall–Kier alpha value is -3.32. The molecule has 1 aliphatic heterocycles. The van der Waals surface area contributed by atoms with Crippen molar-refractivity contribution in [1.82, 2.24) is 15.5 Å². The minimum atomic E-state index is -0.671. The highest BCUT2D eigenvalue weighted by Gasteiger charge is 2.35. The van der Waals surface area contributed by atoms with E-state index in [1.807, 2.05) is 73.5 Å². The molecule has 0 saturated carbocycles. The van der Waals surface area contributed by atoms with Gasteiger partial charge in [0.25, 0.3) is 0 Å². The van der Waals surface area contributed by atoms with Gasteiger partial charge in [0.1, 0.15) is 5.75 Å². The van der Waals surface area contributed by atoms with Crippen LogP contribution in [-0.4, -0.2) is 43.7 Å². The van der Waals surface area contributed by atoms with Crippen molar-refractivity contribution in [2.75, 3.05) is 26.8 Å². The zero-order valence-electron chi connectivity index (χ0n) is 18.2. The number of nitrogens with one attached hydrogen (secondary N) is 2. The van der Waals surface area contributed by atoms with Gasteiger partial charge in [-0.1, -0.05) is 48.5 Å². The zero-order valence-corrected chi connectivity index (χ0v) is 18.2. The van der Waals surface area contributed by atoms with Crippen LogP contribution in [0.3, 0.4) is 0 Å². The Labute approximate surface area is 183 Å². The lowest BCUT2D eigenvalue weighted by atomic mass is 9.94. The molecule has 3 rings (SSSR count). The first-order chi connectivity index (χ1) is 15.0. The standard InChI is InChI=1S/C24H29N3O4/c1-4-30-20-14-10-9-13-18(20)22-21(23(28)31-5-2)19(25-24(29)26-22)16-27(3)15-17-11-7-6-8-12-17/h6-14,22H,4-5,15-16H2,1-3H3,(H2,25,26,29). The SMILES string of the molecule is CCOC(=O)C1=C(CN(C)Cc2ccccc2)NC(=O)NC1c1ccccc1OCC. The first kappa shape index (κ1) is 22.4. The third-order valence-corrected chi connectivity index (χ3v) is 4.90. The predicted molar refractivity (Wildman–Crippen MR) is 118 cm³/mol. The van der Waals surface area contributed by atoms with Gasteiger partial charge in [-0.05, 0) is 32.5 Å². The minimum absolute atomic E-state index is 0.239. The van der Waals surface area contributed by atoms with Gasteiger partial charge < -0.3 is 20.1 Å². The Morgan fingerprint density at radius 2 is 1.71 bits per heavy atom. The van der Waals surface area contributed by atoms with Crippen molar-refractivity contribution < 1.29 is 19.1 Å². The van der Waals surface area contributed by atoms with E-state index in [-0.39, 0.29) is 12.6 Å². The number of hydrogen-bond acceptors (Lipinski definition) is 5. The highest BCUT2D eigenvalue weighted by Crippen LogP contribution is 2.33. The van der Waals surface area contributed by atoms with E-state index in [1.165, 1.54) is 0 Å². The lowest BCUT2D eigenvalue weighted by molar-refractivity contribution is -0.139. The molecule has 164 valence electrons. The second-order valence-corrected chi connectivity index (χ2v) is 7.27. The van der Waals surface area contributed by atoms with Gasteiger partial charge in [0.2, 0.25) is 0 Å². The molecular weight excluding hydrogens is 394 g/mol. The summed E-state index contributed by atoms with van der Waals surface area (Å²) in [6.07, 6.45) is 0. The second-order valence-electron chi connectivity index (χ2n) is 7.27. The Morgan fingerprint density at radius 1 is 1.00 bits per heavy atom. The molecule has 7 nitrogen and oxygen atoms in total. The first-order valence-corrected chi connectivity index (χ1v) is 10.4. The Bertz CT molecular complexity index is 943. The number of amides is 2. The molecule has 0 fully saturated rings. The normalized spacial score (nSPS) is 16.0. The highest BCUT2D eigenvalue weighted by atomic mass is 16.5. The number of carbonyl (C=O) groups is 2. The Morgan fingerprint density at radius 3 is 2.42 bits per heavy atom. The number of para-hydroxylation sites is 1. The number of hydrogen-bond donors (Lipinski definition) is 2. The fraction of sp³-hybridized carbons (Fsp3) is 0.333. The number of benzene rings is 2. The van der Waals surface area contributed by atoms with E-state index in [9.17, 15) is 9.59 Å². The topological polar surface area (TPSA) is 79.9 Å². The van der Waals surface area contributed by atoms with Crippen molar-refractivity contribution in [3.05, 3.63) is 77.0 Å². The molecule has 2 aromatic rings. The van der Waals surface area contributed by atoms with Gasteiger partial charge in [-0.25, -0.2) is 9.59 Å². The smallest absolute Gasteiger partial charge is 0.338 e.